The van der Waals surface area contributed by atoms with Crippen molar-refractivity contribution >= 4 is 0 Å². The van der Waals surface area contributed by atoms with E-state index in [1.54, 1.807) is 0 Å². The first-order valence-electron chi connectivity index (χ1n) is 8.21. The third-order valence-electron chi connectivity index (χ3n) is 2.57. The maximum atomic E-state index is 13.4. The molecule has 0 aliphatic rings. The summed E-state index contributed by atoms with van der Waals surface area (Å²) in [5.74, 6) is -6.45. The first-order valence-corrected chi connectivity index (χ1v) is 8.21. The summed E-state index contributed by atoms with van der Waals surface area (Å²) in [5.41, 5.74) is 0. The third-order valence-corrected chi connectivity index (χ3v) is 2.57. The number of benzene rings is 1. The molecule has 0 unspecified atom stereocenters. The molecule has 0 aliphatic heterocycles. The van der Waals surface area contributed by atoms with Crippen molar-refractivity contribution in [2.75, 3.05) is 13.2 Å². The number of hydrogen-bond donors (Lipinski definition) is 0. The normalized spacial score (nSPS) is 11.0. The summed E-state index contributed by atoms with van der Waals surface area (Å²) in [6.07, 6.45) is 0. The topological polar surface area (TPSA) is 18.5 Å². The van der Waals surface area contributed by atoms with E-state index in [1.165, 1.54) is 38.1 Å². The van der Waals surface area contributed by atoms with Crippen LogP contribution < -0.4 is 9.47 Å². The lowest BCUT2D eigenvalue weighted by Crippen LogP contribution is -2.31. The summed E-state index contributed by atoms with van der Waals surface area (Å²) < 4.78 is 61.9. The van der Waals surface area contributed by atoms with Crippen molar-refractivity contribution in [3.8, 4) is 11.5 Å². The average Bonchev–Trinajstić information content (AvgIpc) is 2.54. The van der Waals surface area contributed by atoms with Crippen molar-refractivity contribution in [2.24, 2.45) is 5.92 Å². The van der Waals surface area contributed by atoms with Gasteiger partial charge in [-0.1, -0.05) is 47.6 Å². The monoisotopic (exact) mass is 354 g/mol. The van der Waals surface area contributed by atoms with Crippen molar-refractivity contribution in [1.29, 1.82) is 0 Å². The van der Waals surface area contributed by atoms with Gasteiger partial charge < -0.3 is 9.47 Å². The minimum atomic E-state index is -2.96. The van der Waals surface area contributed by atoms with Gasteiger partial charge in [0.15, 0.2) is 13.2 Å². The van der Waals surface area contributed by atoms with E-state index in [2.05, 4.69) is 0 Å². The fourth-order valence-electron chi connectivity index (χ4n) is 1.21. The molecule has 0 amide bonds. The number of ether oxygens (including phenoxy) is 2. The van der Waals surface area contributed by atoms with Gasteiger partial charge in [-0.2, -0.15) is 0 Å². The highest BCUT2D eigenvalue weighted by atomic mass is 19.3. The minimum Gasteiger partial charge on any atom is -0.487 e. The van der Waals surface area contributed by atoms with E-state index in [-0.39, 0.29) is 11.5 Å². The Morgan fingerprint density at radius 3 is 1.67 bits per heavy atom. The molecule has 0 spiro atoms. The quantitative estimate of drug-likeness (QED) is 0.524. The molecule has 142 valence electrons. The summed E-state index contributed by atoms with van der Waals surface area (Å²) in [6.45, 7) is 9.98. The van der Waals surface area contributed by atoms with Crippen LogP contribution in [0.4, 0.5) is 17.6 Å². The van der Waals surface area contributed by atoms with Crippen LogP contribution in [0.25, 0.3) is 0 Å². The molecule has 0 bridgehead atoms. The van der Waals surface area contributed by atoms with E-state index in [1.807, 2.05) is 27.7 Å². The highest BCUT2D eigenvalue weighted by Gasteiger charge is 2.34. The van der Waals surface area contributed by atoms with Gasteiger partial charge in [-0.25, -0.2) is 17.6 Å². The number of alkyl halides is 4. The van der Waals surface area contributed by atoms with E-state index in [0.29, 0.717) is 0 Å². The summed E-state index contributed by atoms with van der Waals surface area (Å²) in [5, 5.41) is 0. The number of rotatable bonds is 7. The summed E-state index contributed by atoms with van der Waals surface area (Å²) in [6, 6.07) is 5.72. The molecular weight excluding hydrogens is 324 g/mol. The first-order chi connectivity index (χ1) is 11.1. The van der Waals surface area contributed by atoms with E-state index in [4.69, 9.17) is 9.47 Å². The second-order valence-electron chi connectivity index (χ2n) is 5.04. The Kier molecular flexibility index (Phi) is 12.4. The third kappa shape index (κ3) is 11.1. The van der Waals surface area contributed by atoms with E-state index >= 15 is 0 Å². The van der Waals surface area contributed by atoms with Crippen molar-refractivity contribution in [3.63, 3.8) is 0 Å². The van der Waals surface area contributed by atoms with Gasteiger partial charge in [0.1, 0.15) is 11.5 Å². The molecule has 24 heavy (non-hydrogen) atoms. The van der Waals surface area contributed by atoms with E-state index < -0.39 is 31.0 Å². The zero-order valence-electron chi connectivity index (χ0n) is 15.6. The second-order valence-corrected chi connectivity index (χ2v) is 5.04. The number of halogens is 4. The summed E-state index contributed by atoms with van der Waals surface area (Å²) in [7, 11) is 0. The lowest BCUT2D eigenvalue weighted by molar-refractivity contribution is -0.0789. The van der Waals surface area contributed by atoms with Crippen LogP contribution in [0.15, 0.2) is 24.3 Å². The average molecular weight is 354 g/mol. The Hall–Kier alpha value is -1.46. The van der Waals surface area contributed by atoms with Crippen LogP contribution in [0.5, 0.6) is 11.5 Å². The van der Waals surface area contributed by atoms with Crippen LogP contribution in [0.3, 0.4) is 0 Å². The Balaban J connectivity index is 0. The molecule has 0 N–H and O–H groups in total. The minimum absolute atomic E-state index is 0.150. The van der Waals surface area contributed by atoms with E-state index in [9.17, 15) is 17.6 Å². The molecule has 0 atom stereocenters. The molecule has 1 rings (SSSR count). The van der Waals surface area contributed by atoms with Crippen molar-refractivity contribution in [2.45, 2.75) is 60.3 Å². The van der Waals surface area contributed by atoms with E-state index in [0.717, 1.165) is 6.92 Å². The van der Waals surface area contributed by atoms with Gasteiger partial charge in [-0.3, -0.25) is 0 Å². The van der Waals surface area contributed by atoms with Gasteiger partial charge in [0.05, 0.1) is 0 Å². The maximum absolute atomic E-state index is 13.4. The van der Waals surface area contributed by atoms with Gasteiger partial charge in [0.25, 0.3) is 11.8 Å². The van der Waals surface area contributed by atoms with Crippen molar-refractivity contribution in [1.82, 2.24) is 0 Å². The zero-order chi connectivity index (χ0) is 19.4. The van der Waals surface area contributed by atoms with Crippen LogP contribution >= 0.6 is 0 Å². The molecular formula is C18H30F4O2. The highest BCUT2D eigenvalue weighted by molar-refractivity contribution is 5.33. The molecule has 2 nitrogen and oxygen atoms in total. The molecule has 1 aromatic carbocycles. The summed E-state index contributed by atoms with van der Waals surface area (Å²) >= 11 is 0. The fourth-order valence-corrected chi connectivity index (χ4v) is 1.21. The largest absolute Gasteiger partial charge is 0.487 e. The predicted octanol–water partition coefficient (Wildman–Crippen LogP) is 6.44. The standard InChI is InChI=1S/C14H18F4O2.2C2H6/c1-10(2)14(17,18)9-20-12-6-4-5-11(7-12)19-8-13(3,15)16;2*1-2/h4-7,10H,8-9H2,1-3H3;2*1-2H3. The van der Waals surface area contributed by atoms with Crippen LogP contribution in [-0.4, -0.2) is 25.1 Å². The number of hydrogen-bond acceptors (Lipinski definition) is 2. The van der Waals surface area contributed by atoms with Gasteiger partial charge in [-0.15, -0.1) is 0 Å². The first kappa shape index (κ1) is 24.8. The van der Waals surface area contributed by atoms with Crippen LogP contribution in [0.1, 0.15) is 48.5 Å². The molecule has 1 aromatic rings. The van der Waals surface area contributed by atoms with Gasteiger partial charge >= 0.3 is 0 Å². The maximum Gasteiger partial charge on any atom is 0.283 e. The Morgan fingerprint density at radius 1 is 0.875 bits per heavy atom. The summed E-state index contributed by atoms with van der Waals surface area (Å²) in [4.78, 5) is 0. The van der Waals surface area contributed by atoms with Crippen molar-refractivity contribution < 1.29 is 27.0 Å². The SMILES string of the molecule is CC.CC.CC(C)C(F)(F)COc1cccc(OCC(C)(F)F)c1. The molecule has 0 heterocycles. The smallest absolute Gasteiger partial charge is 0.283 e. The predicted molar refractivity (Wildman–Crippen MR) is 90.5 cm³/mol. The molecule has 0 aliphatic carbocycles. The van der Waals surface area contributed by atoms with Crippen LogP contribution in [0.2, 0.25) is 0 Å². The van der Waals surface area contributed by atoms with Crippen molar-refractivity contribution in [3.05, 3.63) is 24.3 Å². The molecule has 0 saturated heterocycles. The molecule has 0 radical (unpaired) electrons. The van der Waals surface area contributed by atoms with Crippen LogP contribution in [0, 0.1) is 5.92 Å². The van der Waals surface area contributed by atoms with Gasteiger partial charge in [0, 0.05) is 18.9 Å². The lowest BCUT2D eigenvalue weighted by atomic mass is 10.1. The zero-order valence-corrected chi connectivity index (χ0v) is 15.6. The molecule has 0 aromatic heterocycles. The Morgan fingerprint density at radius 2 is 1.29 bits per heavy atom. The van der Waals surface area contributed by atoms with Gasteiger partial charge in [0.2, 0.25) is 0 Å². The lowest BCUT2D eigenvalue weighted by Gasteiger charge is -2.20. The van der Waals surface area contributed by atoms with Gasteiger partial charge in [-0.05, 0) is 12.1 Å². The molecule has 0 fully saturated rings. The molecule has 6 heteroatoms. The fraction of sp³-hybridized carbons (Fsp3) is 0.667. The Labute approximate surface area is 143 Å². The van der Waals surface area contributed by atoms with Crippen LogP contribution in [-0.2, 0) is 0 Å². The second kappa shape index (κ2) is 12.0. The highest BCUT2D eigenvalue weighted by Crippen LogP contribution is 2.27. The molecule has 0 saturated carbocycles. The Bertz CT molecular complexity index is 429.